The molecule has 5 rings (SSSR count). The van der Waals surface area contributed by atoms with Gasteiger partial charge in [-0.2, -0.15) is 0 Å². The molecule has 0 amide bonds. The highest BCUT2D eigenvalue weighted by atomic mass is 15.2. The van der Waals surface area contributed by atoms with Crippen LogP contribution in [0.25, 0.3) is 0 Å². The predicted molar refractivity (Wildman–Crippen MR) is 81.4 cm³/mol. The molecule has 0 unspecified atom stereocenters. The lowest BCUT2D eigenvalue weighted by molar-refractivity contribution is -0.00382. The van der Waals surface area contributed by atoms with Gasteiger partial charge in [-0.1, -0.05) is 0 Å². The van der Waals surface area contributed by atoms with Gasteiger partial charge in [0.2, 0.25) is 0 Å². The van der Waals surface area contributed by atoms with Gasteiger partial charge in [0.15, 0.2) is 0 Å². The maximum atomic E-state index is 6.47. The second-order valence-corrected chi connectivity index (χ2v) is 8.51. The second kappa shape index (κ2) is 4.02. The Balaban J connectivity index is 1.70. The quantitative estimate of drug-likeness (QED) is 0.846. The van der Waals surface area contributed by atoms with Crippen LogP contribution in [-0.2, 0) is 5.54 Å². The summed E-state index contributed by atoms with van der Waals surface area (Å²) in [5.74, 6) is 5.31. The minimum absolute atomic E-state index is 0.0290. The van der Waals surface area contributed by atoms with Crippen LogP contribution >= 0.6 is 0 Å². The van der Waals surface area contributed by atoms with Crippen molar-refractivity contribution in [3.8, 4) is 0 Å². The van der Waals surface area contributed by atoms with Crippen molar-refractivity contribution in [2.75, 3.05) is 5.73 Å². The van der Waals surface area contributed by atoms with Gasteiger partial charge in [0, 0.05) is 11.5 Å². The average molecular weight is 273 g/mol. The first-order valence-corrected chi connectivity index (χ1v) is 8.26. The van der Waals surface area contributed by atoms with Gasteiger partial charge in [-0.3, -0.25) is 0 Å². The van der Waals surface area contributed by atoms with E-state index in [1.807, 2.05) is 6.33 Å². The number of aromatic nitrogens is 2. The Hall–Kier alpha value is -0.990. The molecule has 1 aromatic heterocycles. The molecule has 4 saturated carbocycles. The maximum Gasteiger partial charge on any atom is 0.127 e. The molecule has 4 fully saturated rings. The van der Waals surface area contributed by atoms with Gasteiger partial charge in [0.05, 0.1) is 12.0 Å². The summed E-state index contributed by atoms with van der Waals surface area (Å²) in [6.45, 7) is 6.60. The number of hydrogen-bond donors (Lipinski definition) is 1. The van der Waals surface area contributed by atoms with E-state index in [9.17, 15) is 0 Å². The zero-order chi connectivity index (χ0) is 14.1. The summed E-state index contributed by atoms with van der Waals surface area (Å²) in [5.41, 5.74) is 7.72. The molecule has 4 aliphatic rings. The molecule has 0 spiro atoms. The van der Waals surface area contributed by atoms with E-state index in [4.69, 9.17) is 10.7 Å². The van der Waals surface area contributed by atoms with E-state index < -0.39 is 0 Å². The normalized spacial score (nSPS) is 39.5. The zero-order valence-electron chi connectivity index (χ0n) is 13.0. The van der Waals surface area contributed by atoms with E-state index in [0.29, 0.717) is 5.92 Å². The van der Waals surface area contributed by atoms with E-state index in [2.05, 4.69) is 25.3 Å². The molecule has 4 aliphatic carbocycles. The molecule has 0 saturated heterocycles. The van der Waals surface area contributed by atoms with Crippen LogP contribution in [-0.4, -0.2) is 9.55 Å². The van der Waals surface area contributed by atoms with Gasteiger partial charge in [-0.05, 0) is 76.5 Å². The first kappa shape index (κ1) is 12.7. The van der Waals surface area contributed by atoms with Crippen molar-refractivity contribution in [2.45, 2.75) is 64.3 Å². The Labute approximate surface area is 122 Å². The van der Waals surface area contributed by atoms with Crippen LogP contribution in [0.15, 0.2) is 6.33 Å². The molecule has 0 atom stereocenters. The van der Waals surface area contributed by atoms with Gasteiger partial charge in [-0.25, -0.2) is 4.98 Å². The minimum Gasteiger partial charge on any atom is -0.384 e. The molecule has 1 heterocycles. The number of hydrogen-bond acceptors (Lipinski definition) is 2. The molecular formula is C17H27N3. The largest absolute Gasteiger partial charge is 0.384 e. The van der Waals surface area contributed by atoms with E-state index in [1.54, 1.807) is 0 Å². The van der Waals surface area contributed by atoms with Gasteiger partial charge in [0.1, 0.15) is 5.82 Å². The average Bonchev–Trinajstić information content (AvgIpc) is 2.70. The highest BCUT2D eigenvalue weighted by Crippen LogP contribution is 2.60. The van der Waals surface area contributed by atoms with Gasteiger partial charge in [0.25, 0.3) is 0 Å². The fourth-order valence-electron chi connectivity index (χ4n) is 5.53. The number of rotatable bonds is 1. The third-order valence-corrected chi connectivity index (χ3v) is 6.10. The Kier molecular flexibility index (Phi) is 2.56. The van der Waals surface area contributed by atoms with Crippen LogP contribution in [0, 0.1) is 23.7 Å². The SMILES string of the molecule is CC(C)(C)n1cnc(C2C3CC4CC(C3)CC2C4)c1N. The fraction of sp³-hybridized carbons (Fsp3) is 0.824. The van der Waals surface area contributed by atoms with Crippen LogP contribution in [0.3, 0.4) is 0 Å². The Bertz CT molecular complexity index is 495. The lowest BCUT2D eigenvalue weighted by Crippen LogP contribution is -2.44. The first-order valence-electron chi connectivity index (χ1n) is 8.26. The molecule has 0 aromatic carbocycles. The van der Waals surface area contributed by atoms with Crippen LogP contribution in [0.5, 0.6) is 0 Å². The van der Waals surface area contributed by atoms with Crippen molar-refractivity contribution in [1.29, 1.82) is 0 Å². The Morgan fingerprint density at radius 3 is 2.05 bits per heavy atom. The second-order valence-electron chi connectivity index (χ2n) is 8.51. The van der Waals surface area contributed by atoms with E-state index in [1.165, 1.54) is 37.8 Å². The maximum absolute atomic E-state index is 6.47. The first-order chi connectivity index (χ1) is 9.43. The summed E-state index contributed by atoms with van der Waals surface area (Å²) in [7, 11) is 0. The van der Waals surface area contributed by atoms with Crippen molar-refractivity contribution in [3.63, 3.8) is 0 Å². The number of nitrogen functional groups attached to an aromatic ring is 1. The highest BCUT2D eigenvalue weighted by Gasteiger charge is 2.50. The van der Waals surface area contributed by atoms with Crippen molar-refractivity contribution < 1.29 is 0 Å². The summed E-state index contributed by atoms with van der Waals surface area (Å²) >= 11 is 0. The third-order valence-electron chi connectivity index (χ3n) is 6.10. The number of imidazole rings is 1. The summed E-state index contributed by atoms with van der Waals surface area (Å²) in [6.07, 6.45) is 9.19. The smallest absolute Gasteiger partial charge is 0.127 e. The van der Waals surface area contributed by atoms with Crippen molar-refractivity contribution >= 4 is 5.82 Å². The Morgan fingerprint density at radius 2 is 1.60 bits per heavy atom. The van der Waals surface area contributed by atoms with Crippen LogP contribution in [0.2, 0.25) is 0 Å². The monoisotopic (exact) mass is 273 g/mol. The van der Waals surface area contributed by atoms with E-state index in [-0.39, 0.29) is 5.54 Å². The van der Waals surface area contributed by atoms with Crippen molar-refractivity contribution in [2.24, 2.45) is 23.7 Å². The van der Waals surface area contributed by atoms with Crippen LogP contribution in [0.1, 0.15) is 64.5 Å². The van der Waals surface area contributed by atoms with Crippen LogP contribution < -0.4 is 5.73 Å². The molecular weight excluding hydrogens is 246 g/mol. The molecule has 2 N–H and O–H groups in total. The summed E-state index contributed by atoms with van der Waals surface area (Å²) < 4.78 is 2.16. The standard InChI is InChI=1S/C17H27N3/c1-17(2,3)20-9-19-15(16(20)18)14-12-5-10-4-11(7-12)8-13(14)6-10/h9-14H,4-8,18H2,1-3H3. The van der Waals surface area contributed by atoms with Crippen LogP contribution in [0.4, 0.5) is 5.82 Å². The molecule has 20 heavy (non-hydrogen) atoms. The van der Waals surface area contributed by atoms with E-state index >= 15 is 0 Å². The number of nitrogens with zero attached hydrogens (tertiary/aromatic N) is 2. The molecule has 4 bridgehead atoms. The number of nitrogens with two attached hydrogens (primary N) is 1. The molecule has 3 heteroatoms. The minimum atomic E-state index is 0.0290. The molecule has 0 aliphatic heterocycles. The highest BCUT2D eigenvalue weighted by molar-refractivity contribution is 5.41. The molecule has 0 radical (unpaired) electrons. The lowest BCUT2D eigenvalue weighted by atomic mass is 9.51. The molecule has 1 aromatic rings. The topological polar surface area (TPSA) is 43.8 Å². The Morgan fingerprint density at radius 1 is 1.05 bits per heavy atom. The predicted octanol–water partition coefficient (Wildman–Crippen LogP) is 3.76. The summed E-state index contributed by atoms with van der Waals surface area (Å²) in [4.78, 5) is 4.77. The van der Waals surface area contributed by atoms with E-state index in [0.717, 1.165) is 29.5 Å². The molecule has 3 nitrogen and oxygen atoms in total. The summed E-state index contributed by atoms with van der Waals surface area (Å²) in [5, 5.41) is 0. The fourth-order valence-corrected chi connectivity index (χ4v) is 5.53. The van der Waals surface area contributed by atoms with Gasteiger partial charge < -0.3 is 10.3 Å². The summed E-state index contributed by atoms with van der Waals surface area (Å²) in [6, 6.07) is 0. The van der Waals surface area contributed by atoms with Gasteiger partial charge >= 0.3 is 0 Å². The lowest BCUT2D eigenvalue weighted by Gasteiger charge is -2.54. The zero-order valence-corrected chi connectivity index (χ0v) is 13.0. The van der Waals surface area contributed by atoms with Crippen molar-refractivity contribution in [1.82, 2.24) is 9.55 Å². The molecule has 110 valence electrons. The number of anilines is 1. The third kappa shape index (κ3) is 1.74. The van der Waals surface area contributed by atoms with Gasteiger partial charge in [-0.15, -0.1) is 0 Å². The van der Waals surface area contributed by atoms with Crippen molar-refractivity contribution in [3.05, 3.63) is 12.0 Å².